The van der Waals surface area contributed by atoms with Gasteiger partial charge in [-0.05, 0) is 49.1 Å². The first-order valence-electron chi connectivity index (χ1n) is 10.2. The van der Waals surface area contributed by atoms with E-state index in [4.69, 9.17) is 0 Å². The fourth-order valence-corrected chi connectivity index (χ4v) is 5.55. The number of hydrogen-bond donors (Lipinski definition) is 1. The number of nitrogens with one attached hydrogen (secondary N) is 1. The molecule has 0 bridgehead atoms. The van der Waals surface area contributed by atoms with Crippen LogP contribution in [0.25, 0.3) is 0 Å². The van der Waals surface area contributed by atoms with Gasteiger partial charge in [0.25, 0.3) is 0 Å². The highest BCUT2D eigenvalue weighted by Gasteiger charge is 2.36. The molecular weight excluding hydrogens is 466 g/mol. The van der Waals surface area contributed by atoms with E-state index < -0.39 is 16.1 Å². The highest BCUT2D eigenvalue weighted by Crippen LogP contribution is 2.28. The van der Waals surface area contributed by atoms with E-state index >= 15 is 0 Å². The van der Waals surface area contributed by atoms with Crippen LogP contribution in [0.5, 0.6) is 0 Å². The lowest BCUT2D eigenvalue weighted by atomic mass is 10.0. The summed E-state index contributed by atoms with van der Waals surface area (Å²) in [5, 5.41) is 3.11. The molecule has 160 valence electrons. The maximum Gasteiger partial charge on any atom is 0.243 e. The summed E-state index contributed by atoms with van der Waals surface area (Å²) in [5.74, 6) is 0.00328. The van der Waals surface area contributed by atoms with Gasteiger partial charge in [-0.1, -0.05) is 46.3 Å². The molecule has 8 heteroatoms. The van der Waals surface area contributed by atoms with Crippen molar-refractivity contribution < 1.29 is 13.2 Å². The normalized spacial score (nSPS) is 19.4. The highest BCUT2D eigenvalue weighted by molar-refractivity contribution is 9.10. The first-order valence-corrected chi connectivity index (χ1v) is 12.5. The lowest BCUT2D eigenvalue weighted by molar-refractivity contribution is -0.127. The van der Waals surface area contributed by atoms with Crippen molar-refractivity contribution in [2.24, 2.45) is 0 Å². The van der Waals surface area contributed by atoms with Crippen LogP contribution < -0.4 is 5.32 Å². The van der Waals surface area contributed by atoms with Crippen LogP contribution in [0.2, 0.25) is 0 Å². The van der Waals surface area contributed by atoms with Crippen molar-refractivity contribution in [3.05, 3.63) is 64.1 Å². The van der Waals surface area contributed by atoms with Crippen molar-refractivity contribution in [1.82, 2.24) is 14.5 Å². The van der Waals surface area contributed by atoms with Gasteiger partial charge in [0, 0.05) is 36.7 Å². The van der Waals surface area contributed by atoms with Gasteiger partial charge in [0.05, 0.1) is 4.90 Å². The number of halogens is 1. The lowest BCUT2D eigenvalue weighted by Gasteiger charge is -2.38. The van der Waals surface area contributed by atoms with E-state index in [2.05, 4.69) is 26.1 Å². The molecule has 1 amide bonds. The number of hydrogen-bond acceptors (Lipinski definition) is 4. The van der Waals surface area contributed by atoms with Crippen LogP contribution in [0.4, 0.5) is 0 Å². The molecule has 1 N–H and O–H groups in total. The Morgan fingerprint density at radius 2 is 1.73 bits per heavy atom. The largest absolute Gasteiger partial charge is 0.352 e. The predicted molar refractivity (Wildman–Crippen MR) is 120 cm³/mol. The van der Waals surface area contributed by atoms with E-state index in [9.17, 15) is 13.2 Å². The molecule has 1 aliphatic carbocycles. The standard InChI is InChI=1S/C22H26BrN3O3S/c1-16-15-19(9-10-20(16)23)30(28,29)26-13-11-25(12-14-26)21(17-5-3-2-4-6-17)22(27)24-18-7-8-18/h2-6,9-10,15,18,21H,7-8,11-14H2,1H3,(H,24,27)/t21-/m0/s1. The molecule has 4 rings (SSSR count). The third-order valence-electron chi connectivity index (χ3n) is 5.69. The van der Waals surface area contributed by atoms with Gasteiger partial charge in [-0.25, -0.2) is 8.42 Å². The van der Waals surface area contributed by atoms with Gasteiger partial charge in [-0.2, -0.15) is 4.31 Å². The van der Waals surface area contributed by atoms with Gasteiger partial charge < -0.3 is 5.32 Å². The number of nitrogens with zero attached hydrogens (tertiary/aromatic N) is 2. The van der Waals surface area contributed by atoms with Gasteiger partial charge in [0.15, 0.2) is 0 Å². The molecule has 1 atom stereocenters. The van der Waals surface area contributed by atoms with Crippen LogP contribution in [-0.4, -0.2) is 55.8 Å². The van der Waals surface area contributed by atoms with E-state index in [1.807, 2.05) is 37.3 Å². The Morgan fingerprint density at radius 1 is 1.07 bits per heavy atom. The molecule has 6 nitrogen and oxygen atoms in total. The number of piperazine rings is 1. The van der Waals surface area contributed by atoms with Crippen LogP contribution in [0, 0.1) is 6.92 Å². The molecule has 1 saturated carbocycles. The third kappa shape index (κ3) is 4.61. The minimum Gasteiger partial charge on any atom is -0.352 e. The second-order valence-corrected chi connectivity index (χ2v) is 10.7. The number of rotatable bonds is 6. The van der Waals surface area contributed by atoms with Crippen LogP contribution in [0.15, 0.2) is 57.9 Å². The third-order valence-corrected chi connectivity index (χ3v) is 8.48. The molecular formula is C22H26BrN3O3S. The van der Waals surface area contributed by atoms with Crippen molar-refractivity contribution >= 4 is 31.9 Å². The first kappa shape index (κ1) is 21.5. The first-order chi connectivity index (χ1) is 14.4. The number of benzene rings is 2. The number of sulfonamides is 1. The van der Waals surface area contributed by atoms with Gasteiger partial charge >= 0.3 is 0 Å². The Balaban J connectivity index is 1.50. The van der Waals surface area contributed by atoms with Crippen LogP contribution in [-0.2, 0) is 14.8 Å². The van der Waals surface area contributed by atoms with Crippen molar-refractivity contribution in [3.63, 3.8) is 0 Å². The molecule has 1 saturated heterocycles. The minimum atomic E-state index is -3.56. The summed E-state index contributed by atoms with van der Waals surface area (Å²) in [4.78, 5) is 15.4. The Kier molecular flexibility index (Phi) is 6.29. The Bertz CT molecular complexity index is 1020. The summed E-state index contributed by atoms with van der Waals surface area (Å²) < 4.78 is 28.6. The zero-order valence-corrected chi connectivity index (χ0v) is 19.3. The van der Waals surface area contributed by atoms with Gasteiger partial charge in [-0.15, -0.1) is 0 Å². The van der Waals surface area contributed by atoms with E-state index in [0.717, 1.165) is 28.4 Å². The van der Waals surface area contributed by atoms with Crippen molar-refractivity contribution in [3.8, 4) is 0 Å². The average molecular weight is 492 g/mol. The second-order valence-electron chi connectivity index (χ2n) is 7.95. The van der Waals surface area contributed by atoms with Crippen LogP contribution in [0.1, 0.15) is 30.0 Å². The Morgan fingerprint density at radius 3 is 2.33 bits per heavy atom. The Labute approximate surface area is 186 Å². The highest BCUT2D eigenvalue weighted by atomic mass is 79.9. The zero-order chi connectivity index (χ0) is 21.3. The monoisotopic (exact) mass is 491 g/mol. The quantitative estimate of drug-likeness (QED) is 0.673. The summed E-state index contributed by atoms with van der Waals surface area (Å²) in [7, 11) is -3.56. The molecule has 30 heavy (non-hydrogen) atoms. The van der Waals surface area contributed by atoms with Crippen molar-refractivity contribution in [1.29, 1.82) is 0 Å². The summed E-state index contributed by atoms with van der Waals surface area (Å²) in [6, 6.07) is 14.7. The van der Waals surface area contributed by atoms with Gasteiger partial charge in [0.1, 0.15) is 6.04 Å². The van der Waals surface area contributed by atoms with Crippen LogP contribution >= 0.6 is 15.9 Å². The molecule has 2 fully saturated rings. The molecule has 0 aromatic heterocycles. The smallest absolute Gasteiger partial charge is 0.243 e. The Hall–Kier alpha value is -1.74. The SMILES string of the molecule is Cc1cc(S(=O)(=O)N2CCN([C@H](C(=O)NC3CC3)c3ccccc3)CC2)ccc1Br. The number of carbonyl (C=O) groups excluding carboxylic acids is 1. The second kappa shape index (κ2) is 8.78. The molecule has 2 aromatic carbocycles. The number of carbonyl (C=O) groups is 1. The fraction of sp³-hybridized carbons (Fsp3) is 0.409. The van der Waals surface area contributed by atoms with E-state index in [1.165, 1.54) is 4.31 Å². The van der Waals surface area contributed by atoms with Gasteiger partial charge in [-0.3, -0.25) is 9.69 Å². The lowest BCUT2D eigenvalue weighted by Crippen LogP contribution is -2.52. The molecule has 0 radical (unpaired) electrons. The zero-order valence-electron chi connectivity index (χ0n) is 16.9. The minimum absolute atomic E-state index is 0.00328. The topological polar surface area (TPSA) is 69.7 Å². The number of aryl methyl sites for hydroxylation is 1. The van der Waals surface area contributed by atoms with Crippen LogP contribution in [0.3, 0.4) is 0 Å². The van der Waals surface area contributed by atoms with Crippen molar-refractivity contribution in [2.45, 2.75) is 36.7 Å². The van der Waals surface area contributed by atoms with E-state index in [1.54, 1.807) is 18.2 Å². The molecule has 1 heterocycles. The van der Waals surface area contributed by atoms with Crippen molar-refractivity contribution in [2.75, 3.05) is 26.2 Å². The summed E-state index contributed by atoms with van der Waals surface area (Å²) in [6.07, 6.45) is 2.07. The summed E-state index contributed by atoms with van der Waals surface area (Å²) >= 11 is 3.42. The maximum atomic E-state index is 13.1. The summed E-state index contributed by atoms with van der Waals surface area (Å²) in [6.45, 7) is 3.61. The van der Waals surface area contributed by atoms with Gasteiger partial charge in [0.2, 0.25) is 15.9 Å². The molecule has 2 aliphatic rings. The summed E-state index contributed by atoms with van der Waals surface area (Å²) in [5.41, 5.74) is 1.83. The maximum absolute atomic E-state index is 13.1. The van der Waals surface area contributed by atoms with E-state index in [-0.39, 0.29) is 11.9 Å². The molecule has 0 spiro atoms. The molecule has 1 aliphatic heterocycles. The predicted octanol–water partition coefficient (Wildman–Crippen LogP) is 3.08. The fourth-order valence-electron chi connectivity index (χ4n) is 3.80. The number of amides is 1. The molecule has 2 aromatic rings. The van der Waals surface area contributed by atoms with E-state index in [0.29, 0.717) is 31.1 Å². The molecule has 0 unspecified atom stereocenters. The average Bonchev–Trinajstić information content (AvgIpc) is 3.55.